The number of nitrogens with zero attached hydrogens (tertiary/aromatic N) is 1. The van der Waals surface area contributed by atoms with Crippen molar-refractivity contribution < 1.29 is 0 Å². The molecule has 1 aliphatic rings. The first-order chi connectivity index (χ1) is 6.29. The number of nitrogens with two attached hydrogens (primary N) is 1. The summed E-state index contributed by atoms with van der Waals surface area (Å²) in [6.07, 6.45) is 5.64. The monoisotopic (exact) mass is 240 g/mol. The lowest BCUT2D eigenvalue weighted by Gasteiger charge is -2.31. The van der Waals surface area contributed by atoms with E-state index in [4.69, 9.17) is 5.73 Å². The number of rotatable bonds is 2. The van der Waals surface area contributed by atoms with E-state index >= 15 is 0 Å². The normalized spacial score (nSPS) is 19.5. The molecule has 0 unspecified atom stereocenters. The summed E-state index contributed by atoms with van der Waals surface area (Å²) in [7, 11) is 0. The Morgan fingerprint density at radius 3 is 2.85 bits per heavy atom. The van der Waals surface area contributed by atoms with Gasteiger partial charge in [0.25, 0.3) is 0 Å². The van der Waals surface area contributed by atoms with Crippen LogP contribution in [0.3, 0.4) is 0 Å². The Morgan fingerprint density at radius 1 is 1.54 bits per heavy atom. The van der Waals surface area contributed by atoms with Gasteiger partial charge in [-0.2, -0.15) is 0 Å². The predicted octanol–water partition coefficient (Wildman–Crippen LogP) is 2.64. The van der Waals surface area contributed by atoms with Gasteiger partial charge in [-0.15, -0.1) is 0 Å². The van der Waals surface area contributed by atoms with Gasteiger partial charge < -0.3 is 5.73 Å². The van der Waals surface area contributed by atoms with Crippen LogP contribution in [0, 0.1) is 5.92 Å². The topological polar surface area (TPSA) is 38.9 Å². The van der Waals surface area contributed by atoms with Crippen LogP contribution in [0.1, 0.15) is 30.9 Å². The summed E-state index contributed by atoms with van der Waals surface area (Å²) < 4.78 is 0.898. The van der Waals surface area contributed by atoms with Crippen LogP contribution in [-0.4, -0.2) is 4.98 Å². The molecule has 13 heavy (non-hydrogen) atoms. The summed E-state index contributed by atoms with van der Waals surface area (Å²) in [6, 6.07) is 4.16. The van der Waals surface area contributed by atoms with Crippen LogP contribution in [0.25, 0.3) is 0 Å². The molecular weight excluding hydrogens is 228 g/mol. The quantitative estimate of drug-likeness (QED) is 0.808. The zero-order chi connectivity index (χ0) is 9.26. The Bertz CT molecular complexity index is 297. The highest BCUT2D eigenvalue weighted by atomic mass is 79.9. The predicted molar refractivity (Wildman–Crippen MR) is 56.2 cm³/mol. The van der Waals surface area contributed by atoms with Crippen LogP contribution in [0.2, 0.25) is 0 Å². The standard InChI is InChI=1S/C10H13BrN2/c11-10-8(5-2-6-13-10)9(12)7-3-1-4-7/h2,5-7,9H,1,3-4,12H2/t9-/m1/s1. The lowest BCUT2D eigenvalue weighted by Crippen LogP contribution is -2.27. The zero-order valence-corrected chi connectivity index (χ0v) is 9.00. The molecule has 1 heterocycles. The van der Waals surface area contributed by atoms with Crippen LogP contribution in [0.15, 0.2) is 22.9 Å². The van der Waals surface area contributed by atoms with Crippen molar-refractivity contribution in [2.75, 3.05) is 0 Å². The highest BCUT2D eigenvalue weighted by molar-refractivity contribution is 9.10. The molecule has 1 atom stereocenters. The number of hydrogen-bond donors (Lipinski definition) is 1. The Labute approximate surface area is 86.7 Å². The molecule has 0 spiro atoms. The molecule has 0 saturated heterocycles. The molecule has 0 aromatic carbocycles. The van der Waals surface area contributed by atoms with Gasteiger partial charge in [0, 0.05) is 17.8 Å². The molecule has 70 valence electrons. The van der Waals surface area contributed by atoms with Crippen molar-refractivity contribution in [1.82, 2.24) is 4.98 Å². The summed E-state index contributed by atoms with van der Waals surface area (Å²) in [5.41, 5.74) is 7.28. The van der Waals surface area contributed by atoms with Gasteiger partial charge in [0.15, 0.2) is 0 Å². The molecule has 0 amide bonds. The van der Waals surface area contributed by atoms with Gasteiger partial charge in [-0.05, 0) is 40.8 Å². The second-order valence-electron chi connectivity index (χ2n) is 3.60. The van der Waals surface area contributed by atoms with E-state index in [0.717, 1.165) is 10.2 Å². The maximum absolute atomic E-state index is 6.13. The average Bonchev–Trinajstić information content (AvgIpc) is 2.01. The third-order valence-electron chi connectivity index (χ3n) is 2.80. The lowest BCUT2D eigenvalue weighted by atomic mass is 9.78. The summed E-state index contributed by atoms with van der Waals surface area (Å²) in [4.78, 5) is 4.18. The van der Waals surface area contributed by atoms with Crippen molar-refractivity contribution in [3.63, 3.8) is 0 Å². The van der Waals surface area contributed by atoms with E-state index in [1.165, 1.54) is 19.3 Å². The molecule has 2 N–H and O–H groups in total. The van der Waals surface area contributed by atoms with Gasteiger partial charge in [0.05, 0.1) is 0 Å². The van der Waals surface area contributed by atoms with Gasteiger partial charge in [0.1, 0.15) is 4.60 Å². The van der Waals surface area contributed by atoms with Gasteiger partial charge in [-0.1, -0.05) is 12.5 Å². The molecule has 1 aromatic heterocycles. The summed E-state index contributed by atoms with van der Waals surface area (Å²) in [5.74, 6) is 0.667. The van der Waals surface area contributed by atoms with Crippen molar-refractivity contribution in [3.05, 3.63) is 28.5 Å². The Hall–Kier alpha value is -0.410. The molecule has 1 saturated carbocycles. The van der Waals surface area contributed by atoms with Gasteiger partial charge in [-0.25, -0.2) is 4.98 Å². The third-order valence-corrected chi connectivity index (χ3v) is 3.47. The minimum atomic E-state index is 0.164. The van der Waals surface area contributed by atoms with Crippen LogP contribution in [0.5, 0.6) is 0 Å². The summed E-state index contributed by atoms with van der Waals surface area (Å²) >= 11 is 3.43. The fraction of sp³-hybridized carbons (Fsp3) is 0.500. The van der Waals surface area contributed by atoms with Crippen molar-refractivity contribution in [1.29, 1.82) is 0 Å². The Kier molecular flexibility index (Phi) is 2.65. The maximum Gasteiger partial charge on any atom is 0.110 e. The van der Waals surface area contributed by atoms with E-state index in [0.29, 0.717) is 5.92 Å². The molecule has 0 aliphatic heterocycles. The van der Waals surface area contributed by atoms with Gasteiger partial charge in [0.2, 0.25) is 0 Å². The first-order valence-corrected chi connectivity index (χ1v) is 5.44. The lowest BCUT2D eigenvalue weighted by molar-refractivity contribution is 0.263. The fourth-order valence-electron chi connectivity index (χ4n) is 1.70. The fourth-order valence-corrected chi connectivity index (χ4v) is 2.21. The highest BCUT2D eigenvalue weighted by Crippen LogP contribution is 2.37. The molecular formula is C10H13BrN2. The minimum Gasteiger partial charge on any atom is -0.324 e. The third kappa shape index (κ3) is 1.76. The smallest absolute Gasteiger partial charge is 0.110 e. The van der Waals surface area contributed by atoms with E-state index in [1.807, 2.05) is 6.07 Å². The number of pyridine rings is 1. The molecule has 2 nitrogen and oxygen atoms in total. The molecule has 1 fully saturated rings. The maximum atomic E-state index is 6.13. The minimum absolute atomic E-state index is 0.164. The van der Waals surface area contributed by atoms with Gasteiger partial charge >= 0.3 is 0 Å². The highest BCUT2D eigenvalue weighted by Gasteiger charge is 2.26. The van der Waals surface area contributed by atoms with Crippen molar-refractivity contribution in [3.8, 4) is 0 Å². The van der Waals surface area contributed by atoms with Crippen LogP contribution < -0.4 is 5.73 Å². The second-order valence-corrected chi connectivity index (χ2v) is 4.35. The largest absolute Gasteiger partial charge is 0.324 e. The van der Waals surface area contributed by atoms with Crippen molar-refractivity contribution in [2.24, 2.45) is 11.7 Å². The number of halogens is 1. The van der Waals surface area contributed by atoms with Gasteiger partial charge in [-0.3, -0.25) is 0 Å². The average molecular weight is 241 g/mol. The Balaban J connectivity index is 2.18. The summed E-state index contributed by atoms with van der Waals surface area (Å²) in [5, 5.41) is 0. The first-order valence-electron chi connectivity index (χ1n) is 4.65. The molecule has 0 radical (unpaired) electrons. The molecule has 0 bridgehead atoms. The molecule has 2 rings (SSSR count). The first kappa shape index (κ1) is 9.16. The zero-order valence-electron chi connectivity index (χ0n) is 7.41. The SMILES string of the molecule is N[C@@H](c1cccnc1Br)C1CCC1. The number of aromatic nitrogens is 1. The van der Waals surface area contributed by atoms with Crippen molar-refractivity contribution >= 4 is 15.9 Å². The van der Waals surface area contributed by atoms with E-state index in [9.17, 15) is 0 Å². The molecule has 1 aromatic rings. The Morgan fingerprint density at radius 2 is 2.31 bits per heavy atom. The van der Waals surface area contributed by atoms with E-state index in [1.54, 1.807) is 6.20 Å². The number of hydrogen-bond acceptors (Lipinski definition) is 2. The van der Waals surface area contributed by atoms with Crippen LogP contribution in [-0.2, 0) is 0 Å². The van der Waals surface area contributed by atoms with E-state index < -0.39 is 0 Å². The molecule has 3 heteroatoms. The van der Waals surface area contributed by atoms with E-state index in [2.05, 4.69) is 27.0 Å². The van der Waals surface area contributed by atoms with Crippen LogP contribution >= 0.6 is 15.9 Å². The van der Waals surface area contributed by atoms with Crippen LogP contribution in [0.4, 0.5) is 0 Å². The second kappa shape index (κ2) is 3.76. The van der Waals surface area contributed by atoms with E-state index in [-0.39, 0.29) is 6.04 Å². The summed E-state index contributed by atoms with van der Waals surface area (Å²) in [6.45, 7) is 0. The van der Waals surface area contributed by atoms with Crippen molar-refractivity contribution in [2.45, 2.75) is 25.3 Å². The molecule has 1 aliphatic carbocycles.